The Labute approximate surface area is 286 Å². The molecule has 4 nitrogen and oxygen atoms in total. The maximum absolute atomic E-state index is 6.54. The summed E-state index contributed by atoms with van der Waals surface area (Å²) in [7, 11) is 0. The second-order valence-electron chi connectivity index (χ2n) is 14.1. The number of hydrogen-bond donors (Lipinski definition) is 0. The highest BCUT2D eigenvalue weighted by Crippen LogP contribution is 2.55. The van der Waals surface area contributed by atoms with Gasteiger partial charge in [0.15, 0.2) is 17.5 Å². The predicted molar refractivity (Wildman–Crippen MR) is 200 cm³/mol. The Bertz CT molecular complexity index is 2490. The molecule has 0 saturated carbocycles. The van der Waals surface area contributed by atoms with E-state index in [2.05, 4.69) is 107 Å². The van der Waals surface area contributed by atoms with Crippen molar-refractivity contribution in [3.63, 3.8) is 0 Å². The van der Waals surface area contributed by atoms with Gasteiger partial charge in [-0.1, -0.05) is 137 Å². The first kappa shape index (κ1) is 29.3. The molecule has 2 heterocycles. The van der Waals surface area contributed by atoms with Gasteiger partial charge in [0.25, 0.3) is 0 Å². The Balaban J connectivity index is 1.17. The van der Waals surface area contributed by atoms with Crippen LogP contribution in [0.15, 0.2) is 144 Å². The summed E-state index contributed by atoms with van der Waals surface area (Å²) < 4.78 is 6.54. The zero-order valence-electron chi connectivity index (χ0n) is 28.0. The fourth-order valence-corrected chi connectivity index (χ4v) is 7.45. The van der Waals surface area contributed by atoms with E-state index in [4.69, 9.17) is 19.4 Å². The SMILES string of the molecule is CC1(C)c2ccccc2-c2cc3c(cc2C1(C)C)oc1ccc(-c2cccc(-c4nc(-c5ccccc5)nc(-c5ccccc5)n4)c2)cc13. The molecule has 9 rings (SSSR count). The molecule has 0 N–H and O–H groups in total. The highest BCUT2D eigenvalue weighted by atomic mass is 16.3. The van der Waals surface area contributed by atoms with E-state index in [0.717, 1.165) is 49.8 Å². The van der Waals surface area contributed by atoms with Gasteiger partial charge in [-0.25, -0.2) is 15.0 Å². The van der Waals surface area contributed by atoms with Gasteiger partial charge in [0.05, 0.1) is 0 Å². The zero-order chi connectivity index (χ0) is 33.3. The Kier molecular flexibility index (Phi) is 6.47. The summed E-state index contributed by atoms with van der Waals surface area (Å²) >= 11 is 0. The molecule has 0 amide bonds. The molecule has 0 fully saturated rings. The minimum Gasteiger partial charge on any atom is -0.456 e. The normalized spacial score (nSPS) is 14.4. The van der Waals surface area contributed by atoms with Crippen molar-refractivity contribution < 1.29 is 4.42 Å². The molecule has 6 aromatic carbocycles. The average molecular weight is 634 g/mol. The van der Waals surface area contributed by atoms with E-state index in [1.807, 2.05) is 60.7 Å². The first-order valence-electron chi connectivity index (χ1n) is 16.9. The van der Waals surface area contributed by atoms with Crippen LogP contribution in [-0.2, 0) is 10.8 Å². The van der Waals surface area contributed by atoms with Crippen molar-refractivity contribution in [1.29, 1.82) is 0 Å². The lowest BCUT2D eigenvalue weighted by molar-refractivity contribution is 0.299. The number of hydrogen-bond acceptors (Lipinski definition) is 4. The summed E-state index contributed by atoms with van der Waals surface area (Å²) in [5.41, 5.74) is 12.1. The van der Waals surface area contributed by atoms with Gasteiger partial charge in [-0.05, 0) is 74.5 Å². The maximum Gasteiger partial charge on any atom is 0.164 e. The molecule has 0 aliphatic heterocycles. The molecule has 4 heteroatoms. The summed E-state index contributed by atoms with van der Waals surface area (Å²) in [6.45, 7) is 9.44. The van der Waals surface area contributed by atoms with Crippen molar-refractivity contribution >= 4 is 21.9 Å². The Morgan fingerprint density at radius 1 is 0.388 bits per heavy atom. The molecule has 0 bridgehead atoms. The quantitative estimate of drug-likeness (QED) is 0.193. The molecular formula is C45H35N3O. The highest BCUT2D eigenvalue weighted by Gasteiger charge is 2.46. The van der Waals surface area contributed by atoms with Crippen molar-refractivity contribution in [1.82, 2.24) is 15.0 Å². The van der Waals surface area contributed by atoms with Crippen LogP contribution in [-0.4, -0.2) is 15.0 Å². The van der Waals surface area contributed by atoms with E-state index < -0.39 is 0 Å². The smallest absolute Gasteiger partial charge is 0.164 e. The van der Waals surface area contributed by atoms with E-state index >= 15 is 0 Å². The van der Waals surface area contributed by atoms with E-state index in [9.17, 15) is 0 Å². The summed E-state index contributed by atoms with van der Waals surface area (Å²) in [5, 5.41) is 2.24. The molecule has 1 aliphatic rings. The number of fused-ring (bicyclic) bond motifs is 6. The lowest BCUT2D eigenvalue weighted by Gasteiger charge is -2.48. The number of rotatable bonds is 4. The standard InChI is InChI=1S/C45H35N3O/c1-44(2)37-21-12-11-20-33(37)34-26-36-35-25-31(22-23-39(35)49-40(36)27-38(34)45(44,3)4)30-18-13-19-32(24-30)43-47-41(28-14-7-5-8-15-28)46-42(48-43)29-16-9-6-10-17-29/h5-27H,1-4H3. The lowest BCUT2D eigenvalue weighted by atomic mass is 9.55. The van der Waals surface area contributed by atoms with Gasteiger partial charge in [0, 0.05) is 27.5 Å². The van der Waals surface area contributed by atoms with Crippen LogP contribution in [0, 0.1) is 0 Å². The number of aromatic nitrogens is 3. The van der Waals surface area contributed by atoms with Gasteiger partial charge in [-0.2, -0.15) is 0 Å². The molecule has 0 saturated heterocycles. The molecule has 236 valence electrons. The van der Waals surface area contributed by atoms with Crippen LogP contribution in [0.2, 0.25) is 0 Å². The van der Waals surface area contributed by atoms with Crippen molar-refractivity contribution in [2.75, 3.05) is 0 Å². The van der Waals surface area contributed by atoms with Crippen molar-refractivity contribution in [3.05, 3.63) is 151 Å². The van der Waals surface area contributed by atoms with Crippen LogP contribution in [0.25, 0.3) is 78.4 Å². The predicted octanol–water partition coefficient (Wildman–Crippen LogP) is 11.7. The largest absolute Gasteiger partial charge is 0.456 e. The third kappa shape index (κ3) is 4.62. The first-order chi connectivity index (χ1) is 23.8. The molecule has 0 spiro atoms. The molecular weight excluding hydrogens is 599 g/mol. The van der Waals surface area contributed by atoms with Crippen LogP contribution < -0.4 is 0 Å². The van der Waals surface area contributed by atoms with E-state index in [1.165, 1.54) is 22.3 Å². The average Bonchev–Trinajstić information content (AvgIpc) is 3.51. The van der Waals surface area contributed by atoms with Gasteiger partial charge < -0.3 is 4.42 Å². The minimum atomic E-state index is -0.0781. The zero-order valence-corrected chi connectivity index (χ0v) is 28.0. The molecule has 1 aliphatic carbocycles. The highest BCUT2D eigenvalue weighted by molar-refractivity contribution is 6.08. The Morgan fingerprint density at radius 3 is 1.61 bits per heavy atom. The van der Waals surface area contributed by atoms with Crippen LogP contribution in [0.4, 0.5) is 0 Å². The Morgan fingerprint density at radius 2 is 0.918 bits per heavy atom. The summed E-state index contributed by atoms with van der Waals surface area (Å²) in [5.74, 6) is 1.94. The third-order valence-corrected chi connectivity index (χ3v) is 10.9. The van der Waals surface area contributed by atoms with Crippen molar-refractivity contribution in [2.24, 2.45) is 0 Å². The monoisotopic (exact) mass is 633 g/mol. The third-order valence-electron chi connectivity index (χ3n) is 10.9. The van der Waals surface area contributed by atoms with Crippen LogP contribution >= 0.6 is 0 Å². The molecule has 0 atom stereocenters. The molecule has 8 aromatic rings. The van der Waals surface area contributed by atoms with Gasteiger partial charge in [0.2, 0.25) is 0 Å². The number of furan rings is 1. The van der Waals surface area contributed by atoms with E-state index in [0.29, 0.717) is 17.5 Å². The van der Waals surface area contributed by atoms with E-state index in [1.54, 1.807) is 0 Å². The fourth-order valence-electron chi connectivity index (χ4n) is 7.45. The van der Waals surface area contributed by atoms with Gasteiger partial charge >= 0.3 is 0 Å². The molecule has 49 heavy (non-hydrogen) atoms. The van der Waals surface area contributed by atoms with Gasteiger partial charge in [0.1, 0.15) is 11.2 Å². The second-order valence-corrected chi connectivity index (χ2v) is 14.1. The number of benzene rings is 6. The van der Waals surface area contributed by atoms with Crippen LogP contribution in [0.3, 0.4) is 0 Å². The van der Waals surface area contributed by atoms with Crippen molar-refractivity contribution in [3.8, 4) is 56.4 Å². The second kappa shape index (κ2) is 10.8. The van der Waals surface area contributed by atoms with E-state index in [-0.39, 0.29) is 10.8 Å². The number of nitrogens with zero attached hydrogens (tertiary/aromatic N) is 3. The van der Waals surface area contributed by atoms with Gasteiger partial charge in [-0.15, -0.1) is 0 Å². The van der Waals surface area contributed by atoms with Crippen LogP contribution in [0.1, 0.15) is 38.8 Å². The molecule has 2 aromatic heterocycles. The summed E-state index contributed by atoms with van der Waals surface area (Å²) in [6, 6.07) is 48.7. The van der Waals surface area contributed by atoms with Gasteiger partial charge in [-0.3, -0.25) is 0 Å². The summed E-state index contributed by atoms with van der Waals surface area (Å²) in [4.78, 5) is 14.8. The topological polar surface area (TPSA) is 51.8 Å². The summed E-state index contributed by atoms with van der Waals surface area (Å²) in [6.07, 6.45) is 0. The molecule has 0 radical (unpaired) electrons. The van der Waals surface area contributed by atoms with Crippen LogP contribution in [0.5, 0.6) is 0 Å². The maximum atomic E-state index is 6.54. The fraction of sp³-hybridized carbons (Fsp3) is 0.133. The Hall–Kier alpha value is -5.87. The molecule has 0 unspecified atom stereocenters. The van der Waals surface area contributed by atoms with Crippen molar-refractivity contribution in [2.45, 2.75) is 38.5 Å². The first-order valence-corrected chi connectivity index (χ1v) is 16.9. The lowest BCUT2D eigenvalue weighted by Crippen LogP contribution is -2.43. The minimum absolute atomic E-state index is 0.0310.